The van der Waals surface area contributed by atoms with Crippen LogP contribution in [-0.4, -0.2) is 23.1 Å². The number of hydrogen-bond donors (Lipinski definition) is 0. The number of hydrogen-bond acceptors (Lipinski definition) is 4. The lowest BCUT2D eigenvalue weighted by molar-refractivity contribution is 0.573. The smallest absolute Gasteiger partial charge is 0.136 e. The van der Waals surface area contributed by atoms with E-state index in [2.05, 4.69) is 52.3 Å². The third kappa shape index (κ3) is 3.17. The zero-order valence-corrected chi connectivity index (χ0v) is 15.9. The monoisotopic (exact) mass is 361 g/mol. The van der Waals surface area contributed by atoms with Crippen LogP contribution in [0.2, 0.25) is 0 Å². The minimum atomic E-state index is 1.01. The minimum Gasteiger partial charge on any atom is -0.356 e. The average molecular weight is 362 g/mol. The van der Waals surface area contributed by atoms with Crippen molar-refractivity contribution in [3.8, 4) is 11.1 Å². The first-order valence-corrected chi connectivity index (χ1v) is 10.1. The minimum absolute atomic E-state index is 1.01. The maximum Gasteiger partial charge on any atom is 0.136 e. The fourth-order valence-corrected chi connectivity index (χ4v) is 4.39. The van der Waals surface area contributed by atoms with Crippen molar-refractivity contribution in [3.63, 3.8) is 0 Å². The van der Waals surface area contributed by atoms with E-state index in [1.165, 1.54) is 30.4 Å². The van der Waals surface area contributed by atoms with Gasteiger partial charge < -0.3 is 4.90 Å². The van der Waals surface area contributed by atoms with E-state index in [9.17, 15) is 0 Å². The van der Waals surface area contributed by atoms with E-state index in [1.807, 2.05) is 18.5 Å². The first-order valence-electron chi connectivity index (χ1n) is 9.13. The van der Waals surface area contributed by atoms with Crippen molar-refractivity contribution in [3.05, 3.63) is 70.8 Å². The summed E-state index contributed by atoms with van der Waals surface area (Å²) in [6.07, 6.45) is 7.54. The van der Waals surface area contributed by atoms with Gasteiger partial charge in [-0.2, -0.15) is 11.3 Å². The summed E-state index contributed by atoms with van der Waals surface area (Å²) < 4.78 is 0. The third-order valence-corrected chi connectivity index (χ3v) is 5.73. The van der Waals surface area contributed by atoms with E-state index in [1.54, 1.807) is 11.3 Å². The van der Waals surface area contributed by atoms with Crippen LogP contribution in [0.3, 0.4) is 0 Å². The van der Waals surface area contributed by atoms with Gasteiger partial charge in [0.25, 0.3) is 0 Å². The lowest BCUT2D eigenvalue weighted by Crippen LogP contribution is -2.31. The largest absolute Gasteiger partial charge is 0.356 e. The third-order valence-electron chi connectivity index (χ3n) is 5.04. The van der Waals surface area contributed by atoms with Gasteiger partial charge in [-0.25, -0.2) is 4.98 Å². The van der Waals surface area contributed by atoms with E-state index in [0.717, 1.165) is 41.3 Å². The molecule has 0 N–H and O–H groups in total. The Labute approximate surface area is 159 Å². The Morgan fingerprint density at radius 2 is 1.92 bits per heavy atom. The van der Waals surface area contributed by atoms with Crippen LogP contribution in [0.5, 0.6) is 0 Å². The molecule has 0 aliphatic carbocycles. The van der Waals surface area contributed by atoms with Crippen molar-refractivity contribution in [2.45, 2.75) is 26.2 Å². The first-order chi connectivity index (χ1) is 12.8. The molecule has 0 atom stereocenters. The van der Waals surface area contributed by atoms with Crippen molar-refractivity contribution < 1.29 is 0 Å². The standard InChI is InChI=1S/C22H23N3S/c1-16(19-7-6-10-24-22(19)25-12-4-3-5-13-25)21-17(2)23-11-8-20(21)18-9-14-26-15-18/h6-11,14-15H,1,3-5,12-13H2,2H3. The Morgan fingerprint density at radius 1 is 1.08 bits per heavy atom. The van der Waals surface area contributed by atoms with E-state index in [4.69, 9.17) is 4.98 Å². The highest BCUT2D eigenvalue weighted by molar-refractivity contribution is 7.08. The normalized spacial score (nSPS) is 14.4. The number of piperidine rings is 1. The van der Waals surface area contributed by atoms with Crippen molar-refractivity contribution in [1.29, 1.82) is 0 Å². The summed E-state index contributed by atoms with van der Waals surface area (Å²) in [7, 11) is 0. The summed E-state index contributed by atoms with van der Waals surface area (Å²) in [6.45, 7) is 8.68. The van der Waals surface area contributed by atoms with Gasteiger partial charge in [-0.05, 0) is 77.9 Å². The van der Waals surface area contributed by atoms with Crippen LogP contribution in [0, 0.1) is 6.92 Å². The maximum atomic E-state index is 4.72. The molecule has 0 radical (unpaired) electrons. The van der Waals surface area contributed by atoms with E-state index < -0.39 is 0 Å². The van der Waals surface area contributed by atoms with Gasteiger partial charge in [0.1, 0.15) is 5.82 Å². The van der Waals surface area contributed by atoms with Crippen molar-refractivity contribution >= 4 is 22.7 Å². The fraction of sp³-hybridized carbons (Fsp3) is 0.273. The van der Waals surface area contributed by atoms with Crippen LogP contribution in [0.15, 0.2) is 54.0 Å². The molecule has 0 amide bonds. The lowest BCUT2D eigenvalue weighted by atomic mass is 9.91. The summed E-state index contributed by atoms with van der Waals surface area (Å²) in [4.78, 5) is 11.7. The van der Waals surface area contributed by atoms with Crippen LogP contribution in [0.1, 0.15) is 36.1 Å². The molecule has 0 aromatic carbocycles. The predicted molar refractivity (Wildman–Crippen MR) is 111 cm³/mol. The van der Waals surface area contributed by atoms with Crippen molar-refractivity contribution in [1.82, 2.24) is 9.97 Å². The zero-order valence-electron chi connectivity index (χ0n) is 15.1. The number of pyridine rings is 2. The van der Waals surface area contributed by atoms with Crippen LogP contribution >= 0.6 is 11.3 Å². The molecule has 0 saturated carbocycles. The molecule has 4 rings (SSSR count). The second-order valence-corrected chi connectivity index (χ2v) is 7.51. The van der Waals surface area contributed by atoms with Crippen molar-refractivity contribution in [2.75, 3.05) is 18.0 Å². The second kappa shape index (κ2) is 7.42. The number of aryl methyl sites for hydroxylation is 1. The molecule has 3 aromatic heterocycles. The molecule has 0 unspecified atom stereocenters. The molecule has 4 heteroatoms. The summed E-state index contributed by atoms with van der Waals surface area (Å²) >= 11 is 1.71. The molecule has 26 heavy (non-hydrogen) atoms. The van der Waals surface area contributed by atoms with E-state index in [0.29, 0.717) is 0 Å². The molecule has 1 fully saturated rings. The Balaban J connectivity index is 1.80. The molecule has 1 saturated heterocycles. The molecule has 1 aliphatic heterocycles. The number of nitrogens with zero attached hydrogens (tertiary/aromatic N) is 3. The number of anilines is 1. The summed E-state index contributed by atoms with van der Waals surface area (Å²) in [5.41, 5.74) is 6.66. The number of aromatic nitrogens is 2. The summed E-state index contributed by atoms with van der Waals surface area (Å²) in [5, 5.41) is 4.29. The molecular formula is C22H23N3S. The van der Waals surface area contributed by atoms with E-state index >= 15 is 0 Å². The topological polar surface area (TPSA) is 29.0 Å². The number of rotatable bonds is 4. The summed E-state index contributed by atoms with van der Waals surface area (Å²) in [6, 6.07) is 8.39. The van der Waals surface area contributed by atoms with Gasteiger partial charge in [0.15, 0.2) is 0 Å². The van der Waals surface area contributed by atoms with Gasteiger partial charge >= 0.3 is 0 Å². The Bertz CT molecular complexity index is 909. The summed E-state index contributed by atoms with van der Waals surface area (Å²) in [5.74, 6) is 1.05. The molecule has 1 aliphatic rings. The quantitative estimate of drug-likeness (QED) is 0.609. The van der Waals surface area contributed by atoms with Gasteiger partial charge in [-0.3, -0.25) is 4.98 Å². The average Bonchev–Trinajstić information content (AvgIpc) is 3.23. The molecule has 0 spiro atoms. The molecule has 3 nitrogen and oxygen atoms in total. The molecule has 0 bridgehead atoms. The second-order valence-electron chi connectivity index (χ2n) is 6.73. The molecule has 3 aromatic rings. The molecular weight excluding hydrogens is 338 g/mol. The highest BCUT2D eigenvalue weighted by Crippen LogP contribution is 2.37. The Hall–Kier alpha value is -2.46. The van der Waals surface area contributed by atoms with E-state index in [-0.39, 0.29) is 0 Å². The van der Waals surface area contributed by atoms with Gasteiger partial charge in [0, 0.05) is 42.3 Å². The molecule has 132 valence electrons. The van der Waals surface area contributed by atoms with Crippen LogP contribution < -0.4 is 4.90 Å². The first kappa shape index (κ1) is 17.0. The lowest BCUT2D eigenvalue weighted by Gasteiger charge is -2.30. The zero-order chi connectivity index (χ0) is 17.9. The highest BCUT2D eigenvalue weighted by atomic mass is 32.1. The maximum absolute atomic E-state index is 4.72. The van der Waals surface area contributed by atoms with Crippen LogP contribution in [-0.2, 0) is 0 Å². The van der Waals surface area contributed by atoms with Gasteiger partial charge in [0.05, 0.1) is 0 Å². The Morgan fingerprint density at radius 3 is 2.69 bits per heavy atom. The SMILES string of the molecule is C=C(c1cccnc1N1CCCCC1)c1c(-c2ccsc2)ccnc1C. The van der Waals surface area contributed by atoms with Crippen LogP contribution in [0.25, 0.3) is 16.7 Å². The van der Waals surface area contributed by atoms with Gasteiger partial charge in [0.2, 0.25) is 0 Å². The van der Waals surface area contributed by atoms with Crippen molar-refractivity contribution in [2.24, 2.45) is 0 Å². The van der Waals surface area contributed by atoms with Crippen LogP contribution in [0.4, 0.5) is 5.82 Å². The predicted octanol–water partition coefficient (Wildman–Crippen LogP) is 5.57. The van der Waals surface area contributed by atoms with Gasteiger partial charge in [-0.1, -0.05) is 6.58 Å². The molecule has 4 heterocycles. The highest BCUT2D eigenvalue weighted by Gasteiger charge is 2.20. The Kier molecular flexibility index (Phi) is 4.85. The number of thiophene rings is 1. The van der Waals surface area contributed by atoms with Gasteiger partial charge in [-0.15, -0.1) is 0 Å². The fourth-order valence-electron chi connectivity index (χ4n) is 3.73.